The smallest absolute Gasteiger partial charge is 0.252 e. The Balaban J connectivity index is 2.80. The van der Waals surface area contributed by atoms with E-state index < -0.39 is 0 Å². The molecule has 1 N–H and O–H groups in total. The van der Waals surface area contributed by atoms with Crippen LogP contribution in [0.25, 0.3) is 0 Å². The monoisotopic (exact) mass is 269 g/mol. The molecule has 0 aliphatic rings. The molecule has 0 aromatic heterocycles. The number of carbonyl (C=O) groups is 1. The molecule has 0 spiro atoms. The maximum Gasteiger partial charge on any atom is 0.252 e. The Morgan fingerprint density at radius 2 is 2.00 bits per heavy atom. The molecule has 0 saturated carbocycles. The van der Waals surface area contributed by atoms with E-state index in [1.807, 2.05) is 32.0 Å². The number of carbonyl (C=O) groups excluding carboxylic acids is 1. The predicted octanol–water partition coefficient (Wildman–Crippen LogP) is 2.68. The molecule has 0 aliphatic heterocycles. The SMILES string of the molecule is COCC(CCCl)NC(=O)c1c(C)cccc1C. The third-order valence-electron chi connectivity index (χ3n) is 2.87. The molecule has 4 heteroatoms. The second-order valence-corrected chi connectivity index (χ2v) is 4.75. The molecule has 1 rings (SSSR count). The molecule has 1 aromatic rings. The fourth-order valence-corrected chi connectivity index (χ4v) is 2.22. The van der Waals surface area contributed by atoms with Gasteiger partial charge < -0.3 is 10.1 Å². The largest absolute Gasteiger partial charge is 0.383 e. The molecule has 0 fully saturated rings. The number of hydrogen-bond acceptors (Lipinski definition) is 2. The predicted molar refractivity (Wildman–Crippen MR) is 74.4 cm³/mol. The van der Waals surface area contributed by atoms with Crippen LogP contribution in [0.15, 0.2) is 18.2 Å². The van der Waals surface area contributed by atoms with Crippen molar-refractivity contribution in [1.29, 1.82) is 0 Å². The molecule has 0 saturated heterocycles. The van der Waals surface area contributed by atoms with E-state index in [1.165, 1.54) is 0 Å². The highest BCUT2D eigenvalue weighted by Gasteiger charge is 2.16. The normalized spacial score (nSPS) is 12.2. The van der Waals surface area contributed by atoms with Crippen LogP contribution in [0.5, 0.6) is 0 Å². The lowest BCUT2D eigenvalue weighted by Gasteiger charge is -2.18. The molecule has 0 aliphatic carbocycles. The van der Waals surface area contributed by atoms with Crippen molar-refractivity contribution >= 4 is 17.5 Å². The molecule has 0 radical (unpaired) electrons. The average molecular weight is 270 g/mol. The van der Waals surface area contributed by atoms with Crippen LogP contribution in [0.4, 0.5) is 0 Å². The lowest BCUT2D eigenvalue weighted by Crippen LogP contribution is -2.39. The summed E-state index contributed by atoms with van der Waals surface area (Å²) >= 11 is 5.72. The van der Waals surface area contributed by atoms with Crippen LogP contribution in [0.3, 0.4) is 0 Å². The van der Waals surface area contributed by atoms with E-state index >= 15 is 0 Å². The number of aryl methyl sites for hydroxylation is 2. The first-order chi connectivity index (χ1) is 8.60. The number of ether oxygens (including phenoxy) is 1. The molecular weight excluding hydrogens is 250 g/mol. The summed E-state index contributed by atoms with van der Waals surface area (Å²) in [6.45, 7) is 4.35. The number of methoxy groups -OCH3 is 1. The Kier molecular flexibility index (Phi) is 6.16. The summed E-state index contributed by atoms with van der Waals surface area (Å²) in [5.74, 6) is 0.443. The minimum absolute atomic E-state index is 0.0426. The first-order valence-corrected chi connectivity index (χ1v) is 6.55. The van der Waals surface area contributed by atoms with Gasteiger partial charge >= 0.3 is 0 Å². The number of alkyl halides is 1. The van der Waals surface area contributed by atoms with Crippen LogP contribution in [0.2, 0.25) is 0 Å². The van der Waals surface area contributed by atoms with Crippen LogP contribution in [-0.2, 0) is 4.74 Å². The molecule has 1 atom stereocenters. The van der Waals surface area contributed by atoms with E-state index in [0.29, 0.717) is 18.9 Å². The summed E-state index contributed by atoms with van der Waals surface area (Å²) < 4.78 is 5.08. The van der Waals surface area contributed by atoms with Crippen molar-refractivity contribution in [3.63, 3.8) is 0 Å². The number of hydrogen-bond donors (Lipinski definition) is 1. The third-order valence-corrected chi connectivity index (χ3v) is 3.09. The highest BCUT2D eigenvalue weighted by molar-refractivity contribution is 6.17. The fraction of sp³-hybridized carbons (Fsp3) is 0.500. The van der Waals surface area contributed by atoms with Crippen LogP contribution in [-0.4, -0.2) is 31.5 Å². The lowest BCUT2D eigenvalue weighted by atomic mass is 10.0. The van der Waals surface area contributed by atoms with E-state index in [-0.39, 0.29) is 11.9 Å². The molecule has 3 nitrogen and oxygen atoms in total. The van der Waals surface area contributed by atoms with Gasteiger partial charge in [-0.3, -0.25) is 4.79 Å². The topological polar surface area (TPSA) is 38.3 Å². The second kappa shape index (κ2) is 7.39. The summed E-state index contributed by atoms with van der Waals surface area (Å²) in [5, 5.41) is 2.97. The summed E-state index contributed by atoms with van der Waals surface area (Å²) in [6.07, 6.45) is 0.700. The van der Waals surface area contributed by atoms with Crippen LogP contribution < -0.4 is 5.32 Å². The van der Waals surface area contributed by atoms with Gasteiger partial charge in [0.2, 0.25) is 0 Å². The van der Waals surface area contributed by atoms with Gasteiger partial charge in [-0.15, -0.1) is 11.6 Å². The van der Waals surface area contributed by atoms with Gasteiger partial charge in [0.1, 0.15) is 0 Å². The number of halogens is 1. The Morgan fingerprint density at radius 1 is 1.39 bits per heavy atom. The maximum absolute atomic E-state index is 12.2. The zero-order chi connectivity index (χ0) is 13.5. The number of rotatable bonds is 6. The zero-order valence-corrected chi connectivity index (χ0v) is 11.9. The first kappa shape index (κ1) is 15.0. The molecule has 100 valence electrons. The Hall–Kier alpha value is -1.06. The van der Waals surface area contributed by atoms with Crippen LogP contribution in [0, 0.1) is 13.8 Å². The molecule has 0 heterocycles. The van der Waals surface area contributed by atoms with Gasteiger partial charge in [-0.05, 0) is 31.4 Å². The highest BCUT2D eigenvalue weighted by atomic mass is 35.5. The van der Waals surface area contributed by atoms with E-state index in [2.05, 4.69) is 5.32 Å². The highest BCUT2D eigenvalue weighted by Crippen LogP contribution is 2.13. The van der Waals surface area contributed by atoms with Crippen LogP contribution >= 0.6 is 11.6 Å². The van der Waals surface area contributed by atoms with Crippen molar-refractivity contribution < 1.29 is 9.53 Å². The second-order valence-electron chi connectivity index (χ2n) is 4.37. The van der Waals surface area contributed by atoms with Crippen molar-refractivity contribution in [2.75, 3.05) is 19.6 Å². The summed E-state index contributed by atoms with van der Waals surface area (Å²) in [7, 11) is 1.62. The quantitative estimate of drug-likeness (QED) is 0.807. The van der Waals surface area contributed by atoms with E-state index in [1.54, 1.807) is 7.11 Å². The Bertz CT molecular complexity index is 381. The fourth-order valence-electron chi connectivity index (χ4n) is 1.96. The van der Waals surface area contributed by atoms with Crippen molar-refractivity contribution in [3.05, 3.63) is 34.9 Å². The molecular formula is C14H20ClNO2. The van der Waals surface area contributed by atoms with Crippen molar-refractivity contribution in [3.8, 4) is 0 Å². The number of benzene rings is 1. The standard InChI is InChI=1S/C14H20ClNO2/c1-10-5-4-6-11(2)13(10)14(17)16-12(7-8-15)9-18-3/h4-6,12H,7-9H2,1-3H3,(H,16,17). The average Bonchev–Trinajstić information content (AvgIpc) is 2.29. The van der Waals surface area contributed by atoms with Gasteiger partial charge in [-0.2, -0.15) is 0 Å². The minimum atomic E-state index is -0.0576. The van der Waals surface area contributed by atoms with E-state index in [4.69, 9.17) is 16.3 Å². The van der Waals surface area contributed by atoms with Gasteiger partial charge in [0.15, 0.2) is 0 Å². The number of amides is 1. The first-order valence-electron chi connectivity index (χ1n) is 6.02. The molecule has 1 aromatic carbocycles. The number of nitrogens with one attached hydrogen (secondary N) is 1. The van der Waals surface area contributed by atoms with E-state index in [0.717, 1.165) is 16.7 Å². The molecule has 1 amide bonds. The molecule has 0 bridgehead atoms. The summed E-state index contributed by atoms with van der Waals surface area (Å²) in [5.41, 5.74) is 2.71. The van der Waals surface area contributed by atoms with Gasteiger partial charge in [0.05, 0.1) is 12.6 Å². The van der Waals surface area contributed by atoms with Gasteiger partial charge in [0, 0.05) is 18.6 Å². The third kappa shape index (κ3) is 4.00. The van der Waals surface area contributed by atoms with Gasteiger partial charge in [-0.25, -0.2) is 0 Å². The molecule has 18 heavy (non-hydrogen) atoms. The summed E-state index contributed by atoms with van der Waals surface area (Å²) in [4.78, 5) is 12.2. The van der Waals surface area contributed by atoms with Crippen molar-refractivity contribution in [2.45, 2.75) is 26.3 Å². The van der Waals surface area contributed by atoms with E-state index in [9.17, 15) is 4.79 Å². The maximum atomic E-state index is 12.2. The van der Waals surface area contributed by atoms with Crippen LogP contribution in [0.1, 0.15) is 27.9 Å². The minimum Gasteiger partial charge on any atom is -0.383 e. The summed E-state index contributed by atoms with van der Waals surface area (Å²) in [6, 6.07) is 5.79. The van der Waals surface area contributed by atoms with Crippen molar-refractivity contribution in [2.24, 2.45) is 0 Å². The van der Waals surface area contributed by atoms with Gasteiger partial charge in [-0.1, -0.05) is 18.2 Å². The molecule has 1 unspecified atom stereocenters. The Labute approximate surface area is 113 Å². The van der Waals surface area contributed by atoms with Crippen molar-refractivity contribution in [1.82, 2.24) is 5.32 Å². The lowest BCUT2D eigenvalue weighted by molar-refractivity contribution is 0.0894. The Morgan fingerprint density at radius 3 is 2.50 bits per heavy atom. The zero-order valence-electron chi connectivity index (χ0n) is 11.1. The van der Waals surface area contributed by atoms with Gasteiger partial charge in [0.25, 0.3) is 5.91 Å².